The van der Waals surface area contributed by atoms with E-state index in [1.807, 2.05) is 31.2 Å². The number of amides is 1. The molecule has 0 radical (unpaired) electrons. The largest absolute Gasteiger partial charge is 0.494 e. The van der Waals surface area contributed by atoms with Crippen molar-refractivity contribution < 1.29 is 27.4 Å². The molecule has 3 aromatic carbocycles. The number of nitrogens with zero attached hydrogens (tertiary/aromatic N) is 1. The highest BCUT2D eigenvalue weighted by atomic mass is 32.2. The Morgan fingerprint density at radius 1 is 0.971 bits per heavy atom. The van der Waals surface area contributed by atoms with Crippen molar-refractivity contribution in [3.05, 3.63) is 77.9 Å². The van der Waals surface area contributed by atoms with Crippen LogP contribution in [0.15, 0.2) is 71.6 Å². The van der Waals surface area contributed by atoms with Crippen molar-refractivity contribution in [2.45, 2.75) is 24.8 Å². The SMILES string of the molecule is CCOc1ccc(CN(C)C(=O)c2ccc(NS(=O)(=O)c3ccc4c(c3)OCCCO4)cc2)cc1. The molecule has 0 unspecified atom stereocenters. The van der Waals surface area contributed by atoms with Crippen molar-refractivity contribution in [1.82, 2.24) is 4.90 Å². The summed E-state index contributed by atoms with van der Waals surface area (Å²) in [5, 5.41) is 0. The molecule has 1 N–H and O–H groups in total. The lowest BCUT2D eigenvalue weighted by Gasteiger charge is -2.18. The average Bonchev–Trinajstić information content (AvgIpc) is 3.10. The van der Waals surface area contributed by atoms with Gasteiger partial charge in [0.1, 0.15) is 5.75 Å². The molecule has 0 saturated carbocycles. The third-order valence-electron chi connectivity index (χ3n) is 5.41. The summed E-state index contributed by atoms with van der Waals surface area (Å²) in [6.45, 7) is 3.95. The van der Waals surface area contributed by atoms with Crippen LogP contribution in [0.5, 0.6) is 17.2 Å². The van der Waals surface area contributed by atoms with Gasteiger partial charge in [0.05, 0.1) is 24.7 Å². The van der Waals surface area contributed by atoms with Crippen LogP contribution in [0.4, 0.5) is 5.69 Å². The highest BCUT2D eigenvalue weighted by Crippen LogP contribution is 2.32. The monoisotopic (exact) mass is 496 g/mol. The van der Waals surface area contributed by atoms with Gasteiger partial charge in [0.2, 0.25) is 0 Å². The Balaban J connectivity index is 1.40. The van der Waals surface area contributed by atoms with E-state index in [1.54, 1.807) is 42.3 Å². The van der Waals surface area contributed by atoms with Crippen LogP contribution in [0.2, 0.25) is 0 Å². The molecule has 35 heavy (non-hydrogen) atoms. The van der Waals surface area contributed by atoms with Gasteiger partial charge in [0, 0.05) is 37.3 Å². The van der Waals surface area contributed by atoms with Crippen LogP contribution in [0.25, 0.3) is 0 Å². The van der Waals surface area contributed by atoms with E-state index in [9.17, 15) is 13.2 Å². The third kappa shape index (κ3) is 6.05. The van der Waals surface area contributed by atoms with E-state index < -0.39 is 10.0 Å². The minimum atomic E-state index is -3.85. The smallest absolute Gasteiger partial charge is 0.262 e. The van der Waals surface area contributed by atoms with E-state index in [-0.39, 0.29) is 10.8 Å². The van der Waals surface area contributed by atoms with E-state index in [2.05, 4.69) is 4.72 Å². The number of nitrogens with one attached hydrogen (secondary N) is 1. The van der Waals surface area contributed by atoms with E-state index in [1.165, 1.54) is 12.1 Å². The number of hydrogen-bond donors (Lipinski definition) is 1. The van der Waals surface area contributed by atoms with Crippen LogP contribution < -0.4 is 18.9 Å². The first-order chi connectivity index (χ1) is 16.9. The first kappa shape index (κ1) is 24.4. The maximum Gasteiger partial charge on any atom is 0.262 e. The van der Waals surface area contributed by atoms with Crippen molar-refractivity contribution in [2.75, 3.05) is 31.6 Å². The van der Waals surface area contributed by atoms with Crippen LogP contribution in [-0.2, 0) is 16.6 Å². The average molecular weight is 497 g/mol. The number of carbonyl (C=O) groups is 1. The fraction of sp³-hybridized carbons (Fsp3) is 0.269. The maximum atomic E-state index is 12.9. The number of ether oxygens (including phenoxy) is 3. The zero-order valence-electron chi connectivity index (χ0n) is 19.7. The number of anilines is 1. The summed E-state index contributed by atoms with van der Waals surface area (Å²) in [7, 11) is -2.13. The van der Waals surface area contributed by atoms with E-state index in [0.717, 1.165) is 17.7 Å². The summed E-state index contributed by atoms with van der Waals surface area (Å²) >= 11 is 0. The normalized spacial score (nSPS) is 13.0. The molecule has 1 amide bonds. The van der Waals surface area contributed by atoms with Gasteiger partial charge in [-0.3, -0.25) is 9.52 Å². The molecular formula is C26H28N2O6S. The Kier molecular flexibility index (Phi) is 7.45. The highest BCUT2D eigenvalue weighted by molar-refractivity contribution is 7.92. The number of benzene rings is 3. The first-order valence-corrected chi connectivity index (χ1v) is 12.8. The molecule has 0 fully saturated rings. The summed E-state index contributed by atoms with van der Waals surface area (Å²) in [4.78, 5) is 14.5. The van der Waals surface area contributed by atoms with Gasteiger partial charge in [-0.05, 0) is 61.0 Å². The van der Waals surface area contributed by atoms with Crippen LogP contribution in [0, 0.1) is 0 Å². The number of sulfonamides is 1. The lowest BCUT2D eigenvalue weighted by atomic mass is 10.1. The highest BCUT2D eigenvalue weighted by Gasteiger charge is 2.19. The van der Waals surface area contributed by atoms with Gasteiger partial charge in [-0.2, -0.15) is 0 Å². The second-order valence-corrected chi connectivity index (χ2v) is 9.76. The van der Waals surface area contributed by atoms with Gasteiger partial charge in [-0.1, -0.05) is 12.1 Å². The second-order valence-electron chi connectivity index (χ2n) is 8.08. The summed E-state index contributed by atoms with van der Waals surface area (Å²) in [6, 6.07) is 18.5. The number of rotatable bonds is 8. The van der Waals surface area contributed by atoms with Gasteiger partial charge in [-0.15, -0.1) is 0 Å². The molecule has 3 aromatic rings. The number of carbonyl (C=O) groups excluding carboxylic acids is 1. The summed E-state index contributed by atoms with van der Waals surface area (Å²) in [5.74, 6) is 1.55. The van der Waals surface area contributed by atoms with Crippen LogP contribution in [0.3, 0.4) is 0 Å². The minimum absolute atomic E-state index is 0.0667. The molecular weight excluding hydrogens is 468 g/mol. The topological polar surface area (TPSA) is 94.2 Å². The molecule has 1 aliphatic rings. The second kappa shape index (κ2) is 10.7. The van der Waals surface area contributed by atoms with Crippen LogP contribution in [-0.4, -0.2) is 46.1 Å². The van der Waals surface area contributed by atoms with Crippen LogP contribution in [0.1, 0.15) is 29.3 Å². The predicted octanol–water partition coefficient (Wildman–Crippen LogP) is 4.32. The number of fused-ring (bicyclic) bond motifs is 1. The fourth-order valence-electron chi connectivity index (χ4n) is 3.63. The Hall–Kier alpha value is -3.72. The molecule has 0 bridgehead atoms. The lowest BCUT2D eigenvalue weighted by Crippen LogP contribution is -2.26. The summed E-state index contributed by atoms with van der Waals surface area (Å²) < 4.78 is 44.9. The Labute approximate surface area is 205 Å². The van der Waals surface area contributed by atoms with Gasteiger partial charge in [0.25, 0.3) is 15.9 Å². The van der Waals surface area contributed by atoms with Gasteiger partial charge < -0.3 is 19.1 Å². The lowest BCUT2D eigenvalue weighted by molar-refractivity contribution is 0.0785. The van der Waals surface area contributed by atoms with E-state index in [0.29, 0.717) is 49.1 Å². The molecule has 0 spiro atoms. The van der Waals surface area contributed by atoms with Crippen molar-refractivity contribution in [2.24, 2.45) is 0 Å². The quantitative estimate of drug-likeness (QED) is 0.499. The van der Waals surface area contributed by atoms with E-state index >= 15 is 0 Å². The van der Waals surface area contributed by atoms with E-state index in [4.69, 9.17) is 14.2 Å². The zero-order valence-corrected chi connectivity index (χ0v) is 20.5. The molecule has 8 nitrogen and oxygen atoms in total. The Morgan fingerprint density at radius 3 is 2.34 bits per heavy atom. The molecule has 1 aliphatic heterocycles. The predicted molar refractivity (Wildman–Crippen MR) is 133 cm³/mol. The molecule has 1 heterocycles. The summed E-state index contributed by atoms with van der Waals surface area (Å²) in [6.07, 6.45) is 0.732. The Bertz CT molecular complexity index is 1270. The minimum Gasteiger partial charge on any atom is -0.494 e. The molecule has 0 atom stereocenters. The van der Waals surface area contributed by atoms with Gasteiger partial charge in [0.15, 0.2) is 11.5 Å². The molecule has 0 aliphatic carbocycles. The van der Waals surface area contributed by atoms with Crippen molar-refractivity contribution in [1.29, 1.82) is 0 Å². The number of hydrogen-bond acceptors (Lipinski definition) is 6. The van der Waals surface area contributed by atoms with Crippen LogP contribution >= 0.6 is 0 Å². The molecule has 184 valence electrons. The zero-order chi connectivity index (χ0) is 24.8. The summed E-state index contributed by atoms with van der Waals surface area (Å²) in [5.41, 5.74) is 1.78. The van der Waals surface area contributed by atoms with Crippen molar-refractivity contribution in [3.8, 4) is 17.2 Å². The van der Waals surface area contributed by atoms with Crippen molar-refractivity contribution in [3.63, 3.8) is 0 Å². The maximum absolute atomic E-state index is 12.9. The first-order valence-electron chi connectivity index (χ1n) is 11.4. The van der Waals surface area contributed by atoms with Gasteiger partial charge in [-0.25, -0.2) is 8.42 Å². The molecule has 4 rings (SSSR count). The molecule has 0 saturated heterocycles. The third-order valence-corrected chi connectivity index (χ3v) is 6.79. The molecule has 0 aromatic heterocycles. The molecule has 9 heteroatoms. The Morgan fingerprint density at radius 2 is 1.66 bits per heavy atom. The fourth-order valence-corrected chi connectivity index (χ4v) is 4.70. The van der Waals surface area contributed by atoms with Gasteiger partial charge >= 0.3 is 0 Å². The van der Waals surface area contributed by atoms with Crippen molar-refractivity contribution >= 4 is 21.6 Å². The standard InChI is InChI=1S/C26H28N2O6S/c1-3-32-22-11-5-19(6-12-22)18-28(2)26(29)20-7-9-21(10-8-20)27-35(30,31)23-13-14-24-25(17-23)34-16-4-15-33-24/h5-14,17,27H,3-4,15-16,18H2,1-2H3.